The second kappa shape index (κ2) is 5.20. The summed E-state index contributed by atoms with van der Waals surface area (Å²) in [5, 5.41) is 0. The number of unbranched alkanes of at least 4 members (excludes halogenated alkanes) is 1. The first-order valence-corrected chi connectivity index (χ1v) is 8.03. The van der Waals surface area contributed by atoms with Crippen LogP contribution in [0.5, 0.6) is 0 Å². The Kier molecular flexibility index (Phi) is 4.62. The van der Waals surface area contributed by atoms with E-state index in [-0.39, 0.29) is 0 Å². The lowest BCUT2D eigenvalue weighted by molar-refractivity contribution is 0.111. The molecule has 1 fully saturated rings. The summed E-state index contributed by atoms with van der Waals surface area (Å²) in [6.07, 6.45) is 5.95. The van der Waals surface area contributed by atoms with Gasteiger partial charge in [-0.05, 0) is 37.0 Å². The van der Waals surface area contributed by atoms with Crippen LogP contribution < -0.4 is 0 Å². The first-order chi connectivity index (χ1) is 7.29. The molecule has 96 valence electrons. The number of hydrogen-bond donors (Lipinski definition) is 2. The van der Waals surface area contributed by atoms with Gasteiger partial charge in [-0.2, -0.15) is 0 Å². The van der Waals surface area contributed by atoms with Crippen molar-refractivity contribution in [3.8, 4) is 0 Å². The van der Waals surface area contributed by atoms with E-state index < -0.39 is 13.3 Å². The van der Waals surface area contributed by atoms with Gasteiger partial charge in [-0.25, -0.2) is 0 Å². The van der Waals surface area contributed by atoms with E-state index in [1.54, 1.807) is 0 Å². The molecule has 2 N–H and O–H groups in total. The molecule has 0 aliphatic heterocycles. The predicted molar refractivity (Wildman–Crippen MR) is 66.5 cm³/mol. The summed E-state index contributed by atoms with van der Waals surface area (Å²) >= 11 is 0. The van der Waals surface area contributed by atoms with Crippen LogP contribution in [-0.2, 0) is 4.57 Å². The summed E-state index contributed by atoms with van der Waals surface area (Å²) in [6.45, 7) is 6.62. The standard InChI is InChI=1S/C12H25O3P/c1-4-5-7-12(3)8-6-11(9-10(12)2)16(13,14)15/h10-11H,4-9H2,1-3H3,(H2,13,14,15). The first kappa shape index (κ1) is 14.2. The van der Waals surface area contributed by atoms with Gasteiger partial charge in [-0.3, -0.25) is 4.57 Å². The highest BCUT2D eigenvalue weighted by Crippen LogP contribution is 2.55. The van der Waals surface area contributed by atoms with Crippen LogP contribution in [0.3, 0.4) is 0 Å². The number of rotatable bonds is 4. The lowest BCUT2D eigenvalue weighted by atomic mass is 9.66. The van der Waals surface area contributed by atoms with E-state index in [0.717, 1.165) is 6.42 Å². The van der Waals surface area contributed by atoms with Crippen molar-refractivity contribution in [2.75, 3.05) is 0 Å². The molecule has 3 nitrogen and oxygen atoms in total. The third kappa shape index (κ3) is 3.32. The minimum Gasteiger partial charge on any atom is -0.324 e. The van der Waals surface area contributed by atoms with Crippen LogP contribution >= 0.6 is 7.60 Å². The lowest BCUT2D eigenvalue weighted by Gasteiger charge is -2.43. The molecular weight excluding hydrogens is 223 g/mol. The van der Waals surface area contributed by atoms with E-state index in [4.69, 9.17) is 0 Å². The van der Waals surface area contributed by atoms with Gasteiger partial charge in [0.15, 0.2) is 0 Å². The second-order valence-electron chi connectivity index (χ2n) is 5.68. The molecule has 0 aromatic carbocycles. The first-order valence-electron chi connectivity index (χ1n) is 6.35. The Morgan fingerprint density at radius 2 is 2.06 bits per heavy atom. The van der Waals surface area contributed by atoms with Crippen molar-refractivity contribution in [1.29, 1.82) is 0 Å². The van der Waals surface area contributed by atoms with Gasteiger partial charge in [-0.15, -0.1) is 0 Å². The van der Waals surface area contributed by atoms with Crippen molar-refractivity contribution in [1.82, 2.24) is 0 Å². The van der Waals surface area contributed by atoms with E-state index in [9.17, 15) is 14.4 Å². The van der Waals surface area contributed by atoms with Crippen molar-refractivity contribution in [2.24, 2.45) is 11.3 Å². The fourth-order valence-electron chi connectivity index (χ4n) is 2.81. The monoisotopic (exact) mass is 248 g/mol. The maximum absolute atomic E-state index is 11.3. The normalized spacial score (nSPS) is 36.3. The molecular formula is C12H25O3P. The smallest absolute Gasteiger partial charge is 0.324 e. The largest absolute Gasteiger partial charge is 0.328 e. The molecule has 3 unspecified atom stereocenters. The summed E-state index contributed by atoms with van der Waals surface area (Å²) in [5.41, 5.74) is -0.0981. The van der Waals surface area contributed by atoms with Crippen LogP contribution in [0.2, 0.25) is 0 Å². The van der Waals surface area contributed by atoms with Gasteiger partial charge in [0, 0.05) is 0 Å². The Morgan fingerprint density at radius 1 is 1.44 bits per heavy atom. The maximum atomic E-state index is 11.3. The highest BCUT2D eigenvalue weighted by atomic mass is 31.2. The summed E-state index contributed by atoms with van der Waals surface area (Å²) in [7, 11) is -3.86. The van der Waals surface area contributed by atoms with Gasteiger partial charge in [-0.1, -0.05) is 33.6 Å². The zero-order valence-electron chi connectivity index (χ0n) is 10.6. The Bertz CT molecular complexity index is 273. The Labute approximate surface area is 98.8 Å². The van der Waals surface area contributed by atoms with Crippen molar-refractivity contribution in [3.05, 3.63) is 0 Å². The lowest BCUT2D eigenvalue weighted by Crippen LogP contribution is -2.34. The van der Waals surface area contributed by atoms with E-state index in [2.05, 4.69) is 20.8 Å². The van der Waals surface area contributed by atoms with Crippen LogP contribution in [0.25, 0.3) is 0 Å². The second-order valence-corrected chi connectivity index (χ2v) is 7.58. The van der Waals surface area contributed by atoms with Crippen LogP contribution in [0, 0.1) is 11.3 Å². The molecule has 0 aromatic rings. The Balaban J connectivity index is 2.61. The Morgan fingerprint density at radius 3 is 2.50 bits per heavy atom. The molecule has 0 heterocycles. The topological polar surface area (TPSA) is 57.5 Å². The molecule has 1 saturated carbocycles. The maximum Gasteiger partial charge on any atom is 0.328 e. The van der Waals surface area contributed by atoms with Gasteiger partial charge < -0.3 is 9.79 Å². The average molecular weight is 248 g/mol. The highest BCUT2D eigenvalue weighted by molar-refractivity contribution is 7.52. The van der Waals surface area contributed by atoms with Crippen molar-refractivity contribution < 1.29 is 14.4 Å². The van der Waals surface area contributed by atoms with E-state index >= 15 is 0 Å². The van der Waals surface area contributed by atoms with Crippen molar-refractivity contribution in [2.45, 2.75) is 65.0 Å². The molecule has 0 bridgehead atoms. The fourth-order valence-corrected chi connectivity index (χ4v) is 3.87. The molecule has 1 aliphatic carbocycles. The molecule has 0 amide bonds. The van der Waals surface area contributed by atoms with E-state index in [0.29, 0.717) is 24.2 Å². The molecule has 16 heavy (non-hydrogen) atoms. The molecule has 0 spiro atoms. The third-order valence-corrected chi connectivity index (χ3v) is 5.86. The number of hydrogen-bond acceptors (Lipinski definition) is 1. The molecule has 1 rings (SSSR count). The van der Waals surface area contributed by atoms with Crippen LogP contribution in [0.4, 0.5) is 0 Å². The summed E-state index contributed by atoms with van der Waals surface area (Å²) in [5.74, 6) is 0.422. The average Bonchev–Trinajstić information content (AvgIpc) is 2.18. The molecule has 0 saturated heterocycles. The third-order valence-electron chi connectivity index (χ3n) is 4.44. The van der Waals surface area contributed by atoms with Crippen LogP contribution in [0.15, 0.2) is 0 Å². The fraction of sp³-hybridized carbons (Fsp3) is 1.00. The van der Waals surface area contributed by atoms with Gasteiger partial charge >= 0.3 is 7.60 Å². The van der Waals surface area contributed by atoms with Gasteiger partial charge in [0.25, 0.3) is 0 Å². The summed E-state index contributed by atoms with van der Waals surface area (Å²) in [4.78, 5) is 18.4. The van der Waals surface area contributed by atoms with Crippen LogP contribution in [-0.4, -0.2) is 15.4 Å². The molecule has 0 radical (unpaired) electrons. The minimum atomic E-state index is -3.86. The quantitative estimate of drug-likeness (QED) is 0.748. The zero-order valence-corrected chi connectivity index (χ0v) is 11.5. The SMILES string of the molecule is CCCCC1(C)CCC(P(=O)(O)O)CC1C. The molecule has 0 aromatic heterocycles. The molecule has 3 atom stereocenters. The Hall–Kier alpha value is 0.150. The zero-order chi connectivity index (χ0) is 12.4. The molecule has 1 aliphatic rings. The van der Waals surface area contributed by atoms with Crippen molar-refractivity contribution in [3.63, 3.8) is 0 Å². The van der Waals surface area contributed by atoms with Gasteiger partial charge in [0.05, 0.1) is 5.66 Å². The summed E-state index contributed by atoms with van der Waals surface area (Å²) in [6, 6.07) is 0. The van der Waals surface area contributed by atoms with Crippen molar-refractivity contribution >= 4 is 7.60 Å². The highest BCUT2D eigenvalue weighted by Gasteiger charge is 2.42. The predicted octanol–water partition coefficient (Wildman–Crippen LogP) is 3.55. The minimum absolute atomic E-state index is 0.293. The van der Waals surface area contributed by atoms with E-state index in [1.807, 2.05) is 0 Å². The van der Waals surface area contributed by atoms with E-state index in [1.165, 1.54) is 19.3 Å². The van der Waals surface area contributed by atoms with Crippen LogP contribution in [0.1, 0.15) is 59.3 Å². The van der Waals surface area contributed by atoms with Gasteiger partial charge in [0.1, 0.15) is 0 Å². The molecule has 4 heteroatoms. The summed E-state index contributed by atoms with van der Waals surface area (Å²) < 4.78 is 11.3. The van der Waals surface area contributed by atoms with Gasteiger partial charge in [0.2, 0.25) is 0 Å².